The van der Waals surface area contributed by atoms with Gasteiger partial charge in [-0.15, -0.1) is 0 Å². The van der Waals surface area contributed by atoms with Crippen LogP contribution in [0.15, 0.2) is 48.5 Å². The summed E-state index contributed by atoms with van der Waals surface area (Å²) in [6.45, 7) is 2.59. The number of carbonyl (C=O) groups is 2. The Bertz CT molecular complexity index is 800. The Morgan fingerprint density at radius 3 is 2.46 bits per heavy atom. The highest BCUT2D eigenvalue weighted by Crippen LogP contribution is 2.43. The van der Waals surface area contributed by atoms with Crippen molar-refractivity contribution >= 4 is 11.9 Å². The molecule has 1 N–H and O–H groups in total. The van der Waals surface area contributed by atoms with Gasteiger partial charge in [-0.2, -0.15) is 0 Å². The van der Waals surface area contributed by atoms with Crippen LogP contribution in [0.1, 0.15) is 53.2 Å². The van der Waals surface area contributed by atoms with Crippen LogP contribution >= 0.6 is 0 Å². The van der Waals surface area contributed by atoms with Gasteiger partial charge in [0.1, 0.15) is 11.7 Å². The lowest BCUT2D eigenvalue weighted by Crippen LogP contribution is -2.45. The number of hydrogen-bond donors (Lipinski definition) is 1. The van der Waals surface area contributed by atoms with E-state index in [-0.39, 0.29) is 5.91 Å². The Hall–Kier alpha value is -2.82. The number of benzene rings is 2. The molecule has 0 radical (unpaired) electrons. The summed E-state index contributed by atoms with van der Waals surface area (Å²) in [4.78, 5) is 27.0. The van der Waals surface area contributed by atoms with Gasteiger partial charge in [-0.1, -0.05) is 43.7 Å². The third kappa shape index (κ3) is 3.17. The molecule has 1 aliphatic rings. The van der Waals surface area contributed by atoms with E-state index in [2.05, 4.69) is 6.92 Å². The zero-order valence-corrected chi connectivity index (χ0v) is 15.0. The standard InChI is InChI=1S/C21H23NO4/c1-3-4-13-22-19(14-9-11-15(26-2)12-10-14)18(21(24)25)16-7-5-6-8-17(16)20(22)23/h5-12,18-19H,3-4,13H2,1-2H3,(H,24,25)/t18-,19-/m1/s1. The number of hydrogen-bond acceptors (Lipinski definition) is 3. The number of carbonyl (C=O) groups excluding carboxylic acids is 1. The highest BCUT2D eigenvalue weighted by Gasteiger charge is 2.43. The van der Waals surface area contributed by atoms with Crippen LogP contribution in [0.4, 0.5) is 0 Å². The van der Waals surface area contributed by atoms with Crippen molar-refractivity contribution in [2.24, 2.45) is 0 Å². The van der Waals surface area contributed by atoms with Crippen LogP contribution in [-0.4, -0.2) is 35.5 Å². The highest BCUT2D eigenvalue weighted by molar-refractivity contribution is 6.00. The SMILES string of the molecule is CCCCN1C(=O)c2ccccc2[C@@H](C(=O)O)[C@H]1c1ccc(OC)cc1. The van der Waals surface area contributed by atoms with Gasteiger partial charge in [0.2, 0.25) is 0 Å². The van der Waals surface area contributed by atoms with Crippen molar-refractivity contribution in [3.8, 4) is 5.75 Å². The summed E-state index contributed by atoms with van der Waals surface area (Å²) in [7, 11) is 1.59. The van der Waals surface area contributed by atoms with Crippen molar-refractivity contribution in [1.82, 2.24) is 4.90 Å². The summed E-state index contributed by atoms with van der Waals surface area (Å²) >= 11 is 0. The van der Waals surface area contributed by atoms with E-state index in [1.54, 1.807) is 48.4 Å². The number of carboxylic acids is 1. The predicted molar refractivity (Wildman–Crippen MR) is 98.5 cm³/mol. The molecule has 5 heteroatoms. The Morgan fingerprint density at radius 1 is 1.15 bits per heavy atom. The van der Waals surface area contributed by atoms with Gasteiger partial charge in [0.05, 0.1) is 13.2 Å². The monoisotopic (exact) mass is 353 g/mol. The molecule has 1 aliphatic heterocycles. The minimum atomic E-state index is -0.924. The van der Waals surface area contributed by atoms with Crippen LogP contribution in [0, 0.1) is 0 Å². The molecule has 2 atom stereocenters. The number of methoxy groups -OCH3 is 1. The van der Waals surface area contributed by atoms with Gasteiger partial charge in [0, 0.05) is 12.1 Å². The minimum Gasteiger partial charge on any atom is -0.497 e. The van der Waals surface area contributed by atoms with Crippen molar-refractivity contribution in [2.75, 3.05) is 13.7 Å². The fourth-order valence-corrected chi connectivity index (χ4v) is 3.60. The molecule has 2 aromatic rings. The summed E-state index contributed by atoms with van der Waals surface area (Å²) in [5.41, 5.74) is 1.87. The van der Waals surface area contributed by atoms with E-state index in [1.807, 2.05) is 12.1 Å². The van der Waals surface area contributed by atoms with E-state index >= 15 is 0 Å². The number of carboxylic acid groups (broad SMARTS) is 1. The Morgan fingerprint density at radius 2 is 1.85 bits per heavy atom. The average Bonchev–Trinajstić information content (AvgIpc) is 2.67. The number of aliphatic carboxylic acids is 1. The van der Waals surface area contributed by atoms with Crippen molar-refractivity contribution in [1.29, 1.82) is 0 Å². The van der Waals surface area contributed by atoms with Gasteiger partial charge in [-0.25, -0.2) is 0 Å². The molecular formula is C21H23NO4. The average molecular weight is 353 g/mol. The molecular weight excluding hydrogens is 330 g/mol. The summed E-state index contributed by atoms with van der Waals surface area (Å²) < 4.78 is 5.20. The normalized spacial score (nSPS) is 19.2. The first-order valence-electron chi connectivity index (χ1n) is 8.85. The lowest BCUT2D eigenvalue weighted by Gasteiger charge is -2.41. The molecule has 2 aromatic carbocycles. The van der Waals surface area contributed by atoms with Gasteiger partial charge in [-0.3, -0.25) is 9.59 Å². The zero-order valence-electron chi connectivity index (χ0n) is 15.0. The van der Waals surface area contributed by atoms with E-state index in [0.29, 0.717) is 23.4 Å². The van der Waals surface area contributed by atoms with Gasteiger partial charge in [0.15, 0.2) is 0 Å². The Kier molecular flexibility index (Phi) is 5.26. The second-order valence-corrected chi connectivity index (χ2v) is 6.47. The number of ether oxygens (including phenoxy) is 1. The van der Waals surface area contributed by atoms with Gasteiger partial charge >= 0.3 is 5.97 Å². The van der Waals surface area contributed by atoms with E-state index in [9.17, 15) is 14.7 Å². The molecule has 0 saturated carbocycles. The molecule has 0 aromatic heterocycles. The summed E-state index contributed by atoms with van der Waals surface area (Å²) in [5.74, 6) is -1.13. The number of rotatable bonds is 6. The van der Waals surface area contributed by atoms with Crippen LogP contribution in [0.5, 0.6) is 5.75 Å². The molecule has 1 heterocycles. The Balaban J connectivity index is 2.14. The zero-order chi connectivity index (χ0) is 18.7. The summed E-state index contributed by atoms with van der Waals surface area (Å²) in [6.07, 6.45) is 1.76. The van der Waals surface area contributed by atoms with Crippen LogP contribution in [-0.2, 0) is 4.79 Å². The van der Waals surface area contributed by atoms with Gasteiger partial charge in [0.25, 0.3) is 5.91 Å². The topological polar surface area (TPSA) is 66.8 Å². The van der Waals surface area contributed by atoms with Gasteiger partial charge < -0.3 is 14.7 Å². The molecule has 1 amide bonds. The second-order valence-electron chi connectivity index (χ2n) is 6.47. The van der Waals surface area contributed by atoms with E-state index in [4.69, 9.17) is 4.74 Å². The smallest absolute Gasteiger partial charge is 0.313 e. The molecule has 0 bridgehead atoms. The van der Waals surface area contributed by atoms with E-state index < -0.39 is 17.9 Å². The molecule has 136 valence electrons. The maximum Gasteiger partial charge on any atom is 0.313 e. The number of unbranched alkanes of at least 4 members (excludes halogenated alkanes) is 1. The molecule has 0 aliphatic carbocycles. The van der Waals surface area contributed by atoms with Crippen molar-refractivity contribution in [3.05, 3.63) is 65.2 Å². The lowest BCUT2D eigenvalue weighted by molar-refractivity contribution is -0.140. The second kappa shape index (κ2) is 7.60. The third-order valence-corrected chi connectivity index (χ3v) is 4.91. The quantitative estimate of drug-likeness (QED) is 0.856. The largest absolute Gasteiger partial charge is 0.497 e. The predicted octanol–water partition coefficient (Wildman–Crippen LogP) is 3.86. The van der Waals surface area contributed by atoms with Crippen molar-refractivity contribution < 1.29 is 19.4 Å². The van der Waals surface area contributed by atoms with Gasteiger partial charge in [-0.05, 0) is 35.7 Å². The fraction of sp³-hybridized carbons (Fsp3) is 0.333. The highest BCUT2D eigenvalue weighted by atomic mass is 16.5. The maximum atomic E-state index is 13.1. The molecule has 0 saturated heterocycles. The fourth-order valence-electron chi connectivity index (χ4n) is 3.60. The van der Waals surface area contributed by atoms with Crippen LogP contribution in [0.3, 0.4) is 0 Å². The molecule has 26 heavy (non-hydrogen) atoms. The lowest BCUT2D eigenvalue weighted by atomic mass is 9.79. The minimum absolute atomic E-state index is 0.104. The first kappa shape index (κ1) is 18.0. The first-order valence-corrected chi connectivity index (χ1v) is 8.85. The number of nitrogens with zero attached hydrogens (tertiary/aromatic N) is 1. The van der Waals surface area contributed by atoms with E-state index in [1.165, 1.54) is 0 Å². The van der Waals surface area contributed by atoms with Crippen LogP contribution in [0.25, 0.3) is 0 Å². The number of fused-ring (bicyclic) bond motifs is 1. The molecule has 3 rings (SSSR count). The maximum absolute atomic E-state index is 13.1. The van der Waals surface area contributed by atoms with Crippen LogP contribution in [0.2, 0.25) is 0 Å². The molecule has 5 nitrogen and oxygen atoms in total. The first-order chi connectivity index (χ1) is 12.6. The number of amides is 1. The van der Waals surface area contributed by atoms with Crippen LogP contribution < -0.4 is 4.74 Å². The van der Waals surface area contributed by atoms with E-state index in [0.717, 1.165) is 18.4 Å². The van der Waals surface area contributed by atoms with Crippen molar-refractivity contribution in [2.45, 2.75) is 31.7 Å². The summed E-state index contributed by atoms with van der Waals surface area (Å²) in [6, 6.07) is 13.8. The molecule has 0 spiro atoms. The molecule has 0 fully saturated rings. The molecule has 0 unspecified atom stereocenters. The summed E-state index contributed by atoms with van der Waals surface area (Å²) in [5, 5.41) is 9.98. The Labute approximate surface area is 153 Å². The van der Waals surface area contributed by atoms with Crippen molar-refractivity contribution in [3.63, 3.8) is 0 Å². The third-order valence-electron chi connectivity index (χ3n) is 4.91.